The third-order valence-corrected chi connectivity index (χ3v) is 6.67. The van der Waals surface area contributed by atoms with Crippen LogP contribution in [0.2, 0.25) is 0 Å². The predicted octanol–water partition coefficient (Wildman–Crippen LogP) is 2.51. The number of H-pyrrole nitrogens is 1. The summed E-state index contributed by atoms with van der Waals surface area (Å²) in [5.41, 5.74) is 8.29. The Morgan fingerprint density at radius 3 is 2.19 bits per heavy atom. The number of sulfonamides is 1. The first kappa shape index (κ1) is 22.4. The molecule has 4 rings (SSSR count). The number of hydrogen-bond donors (Lipinski definition) is 2. The van der Waals surface area contributed by atoms with Gasteiger partial charge in [-0.05, 0) is 43.8 Å². The average Bonchev–Trinajstić information content (AvgIpc) is 3.17. The van der Waals surface area contributed by atoms with E-state index in [1.807, 2.05) is 37.4 Å². The number of rotatable bonds is 4. The molecule has 4 aromatic rings. The number of benzene rings is 2. The molecule has 0 aliphatic heterocycles. The highest BCUT2D eigenvalue weighted by Gasteiger charge is 2.19. The predicted molar refractivity (Wildman–Crippen MR) is 123 cm³/mol. The van der Waals surface area contributed by atoms with Gasteiger partial charge in [0.05, 0.1) is 16.6 Å². The molecule has 31 heavy (non-hydrogen) atoms. The number of aromatic amines is 1. The van der Waals surface area contributed by atoms with Gasteiger partial charge in [0.1, 0.15) is 0 Å². The molecule has 0 spiro atoms. The highest BCUT2D eigenvalue weighted by Crippen LogP contribution is 2.30. The fourth-order valence-corrected chi connectivity index (χ4v) is 4.11. The SMILES string of the molecule is CN.Cc1ccc(-c2cn(-c3ccc(S(=O)(=O)N(C)C)cc3)c3nc[nH]c(=O)c23)cc1. The summed E-state index contributed by atoms with van der Waals surface area (Å²) in [5, 5.41) is 0.487. The summed E-state index contributed by atoms with van der Waals surface area (Å²) in [7, 11) is 0.972. The molecule has 0 aliphatic rings. The zero-order valence-electron chi connectivity index (χ0n) is 17.8. The Morgan fingerprint density at radius 1 is 1.00 bits per heavy atom. The van der Waals surface area contributed by atoms with Gasteiger partial charge < -0.3 is 15.3 Å². The standard InChI is InChI=1S/C21H20N4O3S.CH5N/c1-14-4-6-15(7-5-14)18-12-25(20-19(18)21(26)23-13-22-20)16-8-10-17(11-9-16)29(27,28)24(2)3;1-2/h4-13H,1-3H3,(H,22,23,26);2H2,1H3. The van der Waals surface area contributed by atoms with Crippen LogP contribution in [0.25, 0.3) is 27.8 Å². The van der Waals surface area contributed by atoms with Crippen LogP contribution >= 0.6 is 0 Å². The third-order valence-electron chi connectivity index (χ3n) is 4.84. The number of fused-ring (bicyclic) bond motifs is 1. The van der Waals surface area contributed by atoms with Crippen LogP contribution in [0.1, 0.15) is 5.56 Å². The Hall–Kier alpha value is -3.27. The lowest BCUT2D eigenvalue weighted by molar-refractivity contribution is 0.521. The highest BCUT2D eigenvalue weighted by molar-refractivity contribution is 7.89. The molecule has 2 aromatic carbocycles. The van der Waals surface area contributed by atoms with Crippen molar-refractivity contribution in [3.63, 3.8) is 0 Å². The zero-order valence-corrected chi connectivity index (χ0v) is 18.6. The second kappa shape index (κ2) is 8.84. The molecule has 0 unspecified atom stereocenters. The lowest BCUT2D eigenvalue weighted by Crippen LogP contribution is -2.22. The van der Waals surface area contributed by atoms with Crippen molar-refractivity contribution < 1.29 is 8.42 Å². The molecule has 2 aromatic heterocycles. The van der Waals surface area contributed by atoms with Gasteiger partial charge in [-0.25, -0.2) is 17.7 Å². The Morgan fingerprint density at radius 2 is 1.61 bits per heavy atom. The summed E-state index contributed by atoms with van der Waals surface area (Å²) in [6.45, 7) is 2.00. The summed E-state index contributed by atoms with van der Waals surface area (Å²) in [5.74, 6) is 0. The maximum atomic E-state index is 12.6. The van der Waals surface area contributed by atoms with Gasteiger partial charge in [0.25, 0.3) is 5.56 Å². The van der Waals surface area contributed by atoms with Gasteiger partial charge in [-0.3, -0.25) is 4.79 Å². The van der Waals surface area contributed by atoms with E-state index < -0.39 is 10.0 Å². The molecular formula is C22H25N5O3S. The number of nitrogens with one attached hydrogen (secondary N) is 1. The lowest BCUT2D eigenvalue weighted by atomic mass is 10.1. The molecule has 162 valence electrons. The number of nitrogens with zero attached hydrogens (tertiary/aromatic N) is 3. The smallest absolute Gasteiger partial charge is 0.260 e. The summed E-state index contributed by atoms with van der Waals surface area (Å²) in [6.07, 6.45) is 3.22. The second-order valence-electron chi connectivity index (χ2n) is 6.99. The summed E-state index contributed by atoms with van der Waals surface area (Å²) >= 11 is 0. The summed E-state index contributed by atoms with van der Waals surface area (Å²) in [4.78, 5) is 19.8. The molecule has 0 fully saturated rings. The van der Waals surface area contributed by atoms with E-state index in [1.165, 1.54) is 31.8 Å². The van der Waals surface area contributed by atoms with Gasteiger partial charge >= 0.3 is 0 Å². The first-order valence-corrected chi connectivity index (χ1v) is 11.0. The van der Waals surface area contributed by atoms with Crippen LogP contribution < -0.4 is 11.3 Å². The fraction of sp³-hybridized carbons (Fsp3) is 0.182. The minimum absolute atomic E-state index is 0.201. The van der Waals surface area contributed by atoms with E-state index in [4.69, 9.17) is 0 Å². The van der Waals surface area contributed by atoms with Crippen molar-refractivity contribution in [1.29, 1.82) is 0 Å². The highest BCUT2D eigenvalue weighted by atomic mass is 32.2. The Bertz CT molecular complexity index is 1350. The number of aromatic nitrogens is 3. The van der Waals surface area contributed by atoms with Crippen LogP contribution in [0, 0.1) is 6.92 Å². The van der Waals surface area contributed by atoms with Gasteiger partial charge in [0.2, 0.25) is 10.0 Å². The van der Waals surface area contributed by atoms with Crippen molar-refractivity contribution in [2.75, 3.05) is 21.1 Å². The van der Waals surface area contributed by atoms with Crippen LogP contribution in [0.4, 0.5) is 0 Å². The molecule has 0 amide bonds. The normalized spacial score (nSPS) is 11.4. The average molecular weight is 440 g/mol. The third kappa shape index (κ3) is 4.15. The molecule has 0 atom stereocenters. The van der Waals surface area contributed by atoms with E-state index in [1.54, 1.807) is 28.8 Å². The summed E-state index contributed by atoms with van der Waals surface area (Å²) in [6, 6.07) is 14.4. The van der Waals surface area contributed by atoms with E-state index in [9.17, 15) is 13.2 Å². The molecule has 0 aliphatic carbocycles. The van der Waals surface area contributed by atoms with Crippen molar-refractivity contribution in [2.45, 2.75) is 11.8 Å². The molecule has 9 heteroatoms. The number of aryl methyl sites for hydroxylation is 1. The Labute approximate surface area is 181 Å². The van der Waals surface area contributed by atoms with Crippen molar-refractivity contribution in [3.8, 4) is 16.8 Å². The lowest BCUT2D eigenvalue weighted by Gasteiger charge is -2.12. The van der Waals surface area contributed by atoms with E-state index in [0.29, 0.717) is 16.7 Å². The van der Waals surface area contributed by atoms with Crippen LogP contribution in [-0.4, -0.2) is 48.4 Å². The van der Waals surface area contributed by atoms with Gasteiger partial charge in [-0.15, -0.1) is 0 Å². The molecule has 0 radical (unpaired) electrons. The first-order valence-electron chi connectivity index (χ1n) is 9.55. The molecule has 2 heterocycles. The van der Waals surface area contributed by atoms with Gasteiger partial charge in [0, 0.05) is 31.5 Å². The van der Waals surface area contributed by atoms with Gasteiger partial charge in [-0.2, -0.15) is 0 Å². The topological polar surface area (TPSA) is 114 Å². The van der Waals surface area contributed by atoms with Crippen LogP contribution in [-0.2, 0) is 10.0 Å². The van der Waals surface area contributed by atoms with Gasteiger partial charge in [0.15, 0.2) is 5.65 Å². The molecule has 0 saturated carbocycles. The van der Waals surface area contributed by atoms with E-state index in [2.05, 4.69) is 15.7 Å². The Balaban J connectivity index is 0.00000132. The van der Waals surface area contributed by atoms with Crippen molar-refractivity contribution in [3.05, 3.63) is 77.0 Å². The molecule has 0 bridgehead atoms. The minimum Gasteiger partial charge on any atom is -0.333 e. The van der Waals surface area contributed by atoms with Crippen LogP contribution in [0.5, 0.6) is 0 Å². The molecule has 8 nitrogen and oxygen atoms in total. The second-order valence-corrected chi connectivity index (χ2v) is 9.14. The maximum absolute atomic E-state index is 12.6. The number of hydrogen-bond acceptors (Lipinski definition) is 5. The van der Waals surface area contributed by atoms with Gasteiger partial charge in [-0.1, -0.05) is 29.8 Å². The van der Waals surface area contributed by atoms with E-state index in [0.717, 1.165) is 16.7 Å². The zero-order chi connectivity index (χ0) is 22.8. The van der Waals surface area contributed by atoms with E-state index >= 15 is 0 Å². The van der Waals surface area contributed by atoms with Crippen molar-refractivity contribution >= 4 is 21.1 Å². The van der Waals surface area contributed by atoms with Crippen molar-refractivity contribution in [2.24, 2.45) is 5.73 Å². The largest absolute Gasteiger partial charge is 0.333 e. The molecule has 3 N–H and O–H groups in total. The maximum Gasteiger partial charge on any atom is 0.260 e. The monoisotopic (exact) mass is 439 g/mol. The minimum atomic E-state index is -3.51. The summed E-state index contributed by atoms with van der Waals surface area (Å²) < 4.78 is 27.6. The Kier molecular flexibility index (Phi) is 6.40. The quantitative estimate of drug-likeness (QED) is 0.507. The first-order chi connectivity index (χ1) is 14.8. The van der Waals surface area contributed by atoms with Crippen molar-refractivity contribution in [1.82, 2.24) is 18.8 Å². The van der Waals surface area contributed by atoms with E-state index in [-0.39, 0.29) is 10.5 Å². The fourth-order valence-electron chi connectivity index (χ4n) is 3.21. The van der Waals surface area contributed by atoms with Crippen LogP contribution in [0.15, 0.2) is 70.7 Å². The van der Waals surface area contributed by atoms with Crippen LogP contribution in [0.3, 0.4) is 0 Å². The molecular weight excluding hydrogens is 414 g/mol. The molecule has 0 saturated heterocycles. The number of nitrogens with two attached hydrogens (primary N) is 1.